The van der Waals surface area contributed by atoms with E-state index in [1.165, 1.54) is 23.3 Å². The molecule has 1 saturated heterocycles. The van der Waals surface area contributed by atoms with Crippen molar-refractivity contribution in [1.29, 1.82) is 0 Å². The van der Waals surface area contributed by atoms with Gasteiger partial charge in [-0.15, -0.1) is 0 Å². The van der Waals surface area contributed by atoms with Gasteiger partial charge in [0.15, 0.2) is 0 Å². The maximum Gasteiger partial charge on any atom is 0.416 e. The highest BCUT2D eigenvalue weighted by molar-refractivity contribution is 5.48. The highest BCUT2D eigenvalue weighted by Gasteiger charge is 2.43. The Morgan fingerprint density at radius 2 is 1.53 bits per heavy atom. The topological polar surface area (TPSA) is 15.7 Å². The lowest BCUT2D eigenvalue weighted by Crippen LogP contribution is -2.52. The van der Waals surface area contributed by atoms with Crippen molar-refractivity contribution in [3.05, 3.63) is 65.2 Å². The second kappa shape index (κ2) is 7.57. The summed E-state index contributed by atoms with van der Waals surface area (Å²) in [6, 6.07) is 14.7. The van der Waals surface area contributed by atoms with Crippen LogP contribution >= 0.6 is 0 Å². The lowest BCUT2D eigenvalue weighted by atomic mass is 9.77. The molecule has 3 nitrogen and oxygen atoms in total. The molecule has 2 aromatic carbocycles. The van der Waals surface area contributed by atoms with Crippen LogP contribution in [0.2, 0.25) is 0 Å². The van der Waals surface area contributed by atoms with Gasteiger partial charge in [0.25, 0.3) is 0 Å². The minimum Gasteiger partial charge on any atom is -0.369 e. The van der Waals surface area contributed by atoms with Gasteiger partial charge in [-0.3, -0.25) is 4.90 Å². The van der Waals surface area contributed by atoms with Crippen LogP contribution in [0, 0.1) is 0 Å². The lowest BCUT2D eigenvalue weighted by Gasteiger charge is -2.45. The summed E-state index contributed by atoms with van der Waals surface area (Å²) in [7, 11) is 0. The Kier molecular flexibility index (Phi) is 5.02. The van der Waals surface area contributed by atoms with Crippen molar-refractivity contribution in [3.8, 4) is 0 Å². The van der Waals surface area contributed by atoms with Gasteiger partial charge in [-0.2, -0.15) is 13.2 Å². The molecule has 6 heteroatoms. The third-order valence-electron chi connectivity index (χ3n) is 7.17. The van der Waals surface area contributed by atoms with Crippen molar-refractivity contribution in [2.24, 2.45) is 0 Å². The first-order valence-electron chi connectivity index (χ1n) is 10.8. The zero-order chi connectivity index (χ0) is 20.8. The van der Waals surface area contributed by atoms with Gasteiger partial charge in [0.1, 0.15) is 0 Å². The minimum atomic E-state index is -4.28. The Labute approximate surface area is 175 Å². The molecule has 0 N–H and O–H groups in total. The average molecular weight is 416 g/mol. The maximum absolute atomic E-state index is 12.8. The highest BCUT2D eigenvalue weighted by Crippen LogP contribution is 2.47. The molecule has 2 heterocycles. The number of ether oxygens (including phenoxy) is 1. The molecule has 5 rings (SSSR count). The summed E-state index contributed by atoms with van der Waals surface area (Å²) in [5, 5.41) is 0. The Bertz CT molecular complexity index is 880. The lowest BCUT2D eigenvalue weighted by molar-refractivity contribution is -0.137. The molecule has 30 heavy (non-hydrogen) atoms. The summed E-state index contributed by atoms with van der Waals surface area (Å²) in [6.07, 6.45) is 0.115. The van der Waals surface area contributed by atoms with Crippen LogP contribution in [-0.4, -0.2) is 37.1 Å². The minimum absolute atomic E-state index is 0.0882. The molecule has 2 aromatic rings. The van der Waals surface area contributed by atoms with Gasteiger partial charge in [0.2, 0.25) is 0 Å². The fraction of sp³-hybridized carbons (Fsp3) is 0.500. The van der Waals surface area contributed by atoms with Gasteiger partial charge in [-0.1, -0.05) is 24.3 Å². The summed E-state index contributed by atoms with van der Waals surface area (Å²) in [4.78, 5) is 4.76. The molecule has 3 aliphatic rings. The van der Waals surface area contributed by atoms with E-state index in [9.17, 15) is 13.2 Å². The number of fused-ring (bicyclic) bond motifs is 2. The first-order valence-corrected chi connectivity index (χ1v) is 10.8. The van der Waals surface area contributed by atoms with Gasteiger partial charge in [-0.25, -0.2) is 0 Å². The van der Waals surface area contributed by atoms with Crippen LogP contribution in [0.3, 0.4) is 0 Å². The van der Waals surface area contributed by atoms with E-state index in [-0.39, 0.29) is 5.60 Å². The molecular weight excluding hydrogens is 389 g/mol. The van der Waals surface area contributed by atoms with Crippen molar-refractivity contribution in [3.63, 3.8) is 0 Å². The van der Waals surface area contributed by atoms with Crippen LogP contribution < -0.4 is 4.90 Å². The van der Waals surface area contributed by atoms with Crippen molar-refractivity contribution in [1.82, 2.24) is 4.90 Å². The molecule has 0 bridgehead atoms. The van der Waals surface area contributed by atoms with E-state index in [1.807, 2.05) is 0 Å². The normalized spacial score (nSPS) is 27.4. The number of alkyl halides is 3. The fourth-order valence-corrected chi connectivity index (χ4v) is 5.44. The Morgan fingerprint density at radius 3 is 2.20 bits per heavy atom. The van der Waals surface area contributed by atoms with Crippen molar-refractivity contribution >= 4 is 5.69 Å². The van der Waals surface area contributed by atoms with E-state index in [4.69, 9.17) is 4.74 Å². The number of rotatable bonds is 2. The number of benzene rings is 2. The molecule has 0 radical (unpaired) electrons. The molecule has 1 spiro atoms. The average Bonchev–Trinajstić information content (AvgIpc) is 3.12. The Hall–Kier alpha value is -2.05. The molecule has 0 unspecified atom stereocenters. The number of nitrogens with zero attached hydrogens (tertiary/aromatic N) is 2. The molecule has 0 atom stereocenters. The summed E-state index contributed by atoms with van der Waals surface area (Å²) < 4.78 is 44.6. The third-order valence-corrected chi connectivity index (χ3v) is 7.17. The zero-order valence-corrected chi connectivity index (χ0v) is 17.0. The number of hydrogen-bond acceptors (Lipinski definition) is 3. The molecule has 1 saturated carbocycles. The van der Waals surface area contributed by atoms with Crippen LogP contribution in [0.15, 0.2) is 48.5 Å². The smallest absolute Gasteiger partial charge is 0.369 e. The number of anilines is 1. The first kappa shape index (κ1) is 19.9. The Balaban J connectivity index is 1.17. The molecule has 1 aliphatic carbocycles. The number of piperazine rings is 1. The van der Waals surface area contributed by atoms with E-state index in [0.29, 0.717) is 6.04 Å². The first-order chi connectivity index (χ1) is 14.4. The maximum atomic E-state index is 12.8. The largest absolute Gasteiger partial charge is 0.416 e. The summed E-state index contributed by atoms with van der Waals surface area (Å²) in [6.45, 7) is 4.34. The van der Waals surface area contributed by atoms with Gasteiger partial charge in [0.05, 0.1) is 17.8 Å². The van der Waals surface area contributed by atoms with E-state index in [0.717, 1.165) is 64.2 Å². The summed E-state index contributed by atoms with van der Waals surface area (Å²) in [5.74, 6) is 0. The molecule has 0 aromatic heterocycles. The molecule has 160 valence electrons. The fourth-order valence-electron chi connectivity index (χ4n) is 5.44. The van der Waals surface area contributed by atoms with Crippen LogP contribution in [-0.2, 0) is 23.1 Å². The number of halogens is 3. The predicted octanol–water partition coefficient (Wildman–Crippen LogP) is 5.20. The summed E-state index contributed by atoms with van der Waals surface area (Å²) in [5.41, 5.74) is 2.92. The van der Waals surface area contributed by atoms with E-state index in [1.54, 1.807) is 12.1 Å². The van der Waals surface area contributed by atoms with Crippen LogP contribution in [0.1, 0.15) is 42.4 Å². The second-order valence-corrected chi connectivity index (χ2v) is 8.74. The van der Waals surface area contributed by atoms with Gasteiger partial charge in [0, 0.05) is 37.9 Å². The highest BCUT2D eigenvalue weighted by atomic mass is 19.4. The van der Waals surface area contributed by atoms with Gasteiger partial charge >= 0.3 is 6.18 Å². The second-order valence-electron chi connectivity index (χ2n) is 8.74. The van der Waals surface area contributed by atoms with Crippen molar-refractivity contribution < 1.29 is 17.9 Å². The predicted molar refractivity (Wildman–Crippen MR) is 110 cm³/mol. The Morgan fingerprint density at radius 1 is 0.867 bits per heavy atom. The van der Waals surface area contributed by atoms with E-state index in [2.05, 4.69) is 34.1 Å². The van der Waals surface area contributed by atoms with E-state index < -0.39 is 11.7 Å². The van der Waals surface area contributed by atoms with Crippen LogP contribution in [0.5, 0.6) is 0 Å². The summed E-state index contributed by atoms with van der Waals surface area (Å²) >= 11 is 0. The van der Waals surface area contributed by atoms with Crippen LogP contribution in [0.4, 0.5) is 18.9 Å². The zero-order valence-electron chi connectivity index (χ0n) is 17.0. The molecular formula is C24H27F3N2O. The third kappa shape index (κ3) is 3.60. The van der Waals surface area contributed by atoms with Crippen LogP contribution in [0.25, 0.3) is 0 Å². The standard InChI is InChI=1S/C24H27F3N2O/c25-24(26,27)19-5-7-20(8-6-19)28-13-15-29(16-14-28)21-9-11-23(12-10-21)22-4-2-1-3-18(22)17-30-23/h1-8,21H,9-17H2. The molecule has 2 aliphatic heterocycles. The quantitative estimate of drug-likeness (QED) is 0.670. The van der Waals surface area contributed by atoms with Crippen molar-refractivity contribution in [2.45, 2.75) is 50.1 Å². The van der Waals surface area contributed by atoms with Gasteiger partial charge < -0.3 is 9.64 Å². The monoisotopic (exact) mass is 416 g/mol. The molecule has 2 fully saturated rings. The number of hydrogen-bond donors (Lipinski definition) is 0. The van der Waals surface area contributed by atoms with Gasteiger partial charge in [-0.05, 0) is 61.1 Å². The SMILES string of the molecule is FC(F)(F)c1ccc(N2CCN(C3CCC4(CC3)OCc3ccccc34)CC2)cc1. The van der Waals surface area contributed by atoms with Crippen molar-refractivity contribution in [2.75, 3.05) is 31.1 Å². The van der Waals surface area contributed by atoms with E-state index >= 15 is 0 Å². The molecule has 0 amide bonds.